The highest BCUT2D eigenvalue weighted by atomic mass is 32.2. The zero-order valence-electron chi connectivity index (χ0n) is 19.3. The van der Waals surface area contributed by atoms with Crippen molar-refractivity contribution in [2.24, 2.45) is 0 Å². The Morgan fingerprint density at radius 1 is 1.00 bits per heavy atom. The van der Waals surface area contributed by atoms with Crippen LogP contribution in [0.2, 0.25) is 0 Å². The summed E-state index contributed by atoms with van der Waals surface area (Å²) in [6.07, 6.45) is 4.74. The lowest BCUT2D eigenvalue weighted by atomic mass is 10.0. The Labute approximate surface area is 199 Å². The first kappa shape index (κ1) is 24.7. The first-order chi connectivity index (χ1) is 16.2. The summed E-state index contributed by atoms with van der Waals surface area (Å²) in [4.78, 5) is 23.1. The van der Waals surface area contributed by atoms with Gasteiger partial charge in [-0.3, -0.25) is 25.2 Å². The number of rotatable bonds is 10. The van der Waals surface area contributed by atoms with E-state index in [-0.39, 0.29) is 17.3 Å². The van der Waals surface area contributed by atoms with Crippen molar-refractivity contribution in [2.75, 3.05) is 15.5 Å². The standard InChI is InChI=1S/C24H27N5O4S/c1-4-19-13-22(34(32,33)28-21-7-5-20(6-8-21)27-25-16-30)14-23(18(19)3)26-24(31)15-29-11-9-17(2)10-12-29/h5-14,16,27-28H,4,15H2,1-3H3,(H-,25,26,30,31)/p+1. The van der Waals surface area contributed by atoms with Gasteiger partial charge < -0.3 is 5.32 Å². The molecule has 2 aromatic carbocycles. The van der Waals surface area contributed by atoms with Crippen molar-refractivity contribution in [3.63, 3.8) is 0 Å². The van der Waals surface area contributed by atoms with Crippen LogP contribution in [-0.2, 0) is 32.6 Å². The maximum atomic E-state index is 13.1. The molecule has 2 amide bonds. The van der Waals surface area contributed by atoms with Gasteiger partial charge >= 0.3 is 0 Å². The molecule has 9 nitrogen and oxygen atoms in total. The number of hydrogen-bond acceptors (Lipinski definition) is 5. The number of benzene rings is 2. The monoisotopic (exact) mass is 482 g/mol. The van der Waals surface area contributed by atoms with E-state index in [4.69, 9.17) is 0 Å². The fraction of sp³-hybridized carbons (Fsp3) is 0.208. The minimum absolute atomic E-state index is 0.0538. The number of hydrazine groups is 1. The number of nitrogens with zero attached hydrogens (tertiary/aromatic N) is 1. The molecule has 10 heteroatoms. The number of hydrogen-bond donors (Lipinski definition) is 4. The molecule has 1 heterocycles. The van der Waals surface area contributed by atoms with Gasteiger partial charge in [-0.05, 0) is 73.4 Å². The van der Waals surface area contributed by atoms with Gasteiger partial charge in [0.05, 0.1) is 10.6 Å². The molecular weight excluding hydrogens is 454 g/mol. The SMILES string of the molecule is CCc1cc(S(=O)(=O)Nc2ccc(NNC=O)cc2)cc(NC(=O)C[n+]2ccc(C)cc2)c1C. The van der Waals surface area contributed by atoms with Gasteiger partial charge in [0.15, 0.2) is 12.4 Å². The van der Waals surface area contributed by atoms with Crippen LogP contribution in [0.4, 0.5) is 17.1 Å². The molecule has 3 aromatic rings. The molecular formula is C24H28N5O4S+. The van der Waals surface area contributed by atoms with Crippen LogP contribution < -0.4 is 25.5 Å². The molecule has 0 atom stereocenters. The third-order valence-electron chi connectivity index (χ3n) is 5.25. The molecule has 4 N–H and O–H groups in total. The number of aryl methyl sites for hydroxylation is 2. The van der Waals surface area contributed by atoms with Crippen LogP contribution in [0.5, 0.6) is 0 Å². The third-order valence-corrected chi connectivity index (χ3v) is 6.61. The zero-order chi connectivity index (χ0) is 24.7. The lowest BCUT2D eigenvalue weighted by molar-refractivity contribution is -0.684. The molecule has 0 aliphatic carbocycles. The van der Waals surface area contributed by atoms with Crippen molar-refractivity contribution < 1.29 is 22.6 Å². The van der Waals surface area contributed by atoms with Crippen molar-refractivity contribution >= 4 is 39.4 Å². The summed E-state index contributed by atoms with van der Waals surface area (Å²) in [7, 11) is -3.91. The van der Waals surface area contributed by atoms with E-state index >= 15 is 0 Å². The van der Waals surface area contributed by atoms with Gasteiger partial charge in [0.2, 0.25) is 13.0 Å². The Morgan fingerprint density at radius 3 is 2.26 bits per heavy atom. The maximum absolute atomic E-state index is 13.1. The van der Waals surface area contributed by atoms with E-state index in [1.807, 2.05) is 45.3 Å². The van der Waals surface area contributed by atoms with Crippen molar-refractivity contribution in [2.45, 2.75) is 38.6 Å². The second kappa shape index (κ2) is 10.8. The largest absolute Gasteiger partial charge is 0.320 e. The average molecular weight is 483 g/mol. The van der Waals surface area contributed by atoms with Gasteiger partial charge in [-0.2, -0.15) is 4.57 Å². The summed E-state index contributed by atoms with van der Waals surface area (Å²) < 4.78 is 30.5. The van der Waals surface area contributed by atoms with E-state index < -0.39 is 10.0 Å². The van der Waals surface area contributed by atoms with Gasteiger partial charge in [0.25, 0.3) is 15.9 Å². The fourth-order valence-corrected chi connectivity index (χ4v) is 4.47. The smallest absolute Gasteiger partial charge is 0.290 e. The minimum Gasteiger partial charge on any atom is -0.320 e. The molecule has 0 aliphatic rings. The number of sulfonamides is 1. The van der Waals surface area contributed by atoms with Crippen molar-refractivity contribution in [1.29, 1.82) is 0 Å². The van der Waals surface area contributed by atoms with E-state index in [9.17, 15) is 18.0 Å². The van der Waals surface area contributed by atoms with Crippen LogP contribution in [0.3, 0.4) is 0 Å². The molecule has 0 fully saturated rings. The number of amides is 2. The maximum Gasteiger partial charge on any atom is 0.290 e. The highest BCUT2D eigenvalue weighted by molar-refractivity contribution is 7.92. The number of carbonyl (C=O) groups excluding carboxylic acids is 2. The predicted octanol–water partition coefficient (Wildman–Crippen LogP) is 2.67. The summed E-state index contributed by atoms with van der Waals surface area (Å²) in [5.41, 5.74) is 9.10. The second-order valence-electron chi connectivity index (χ2n) is 7.77. The average Bonchev–Trinajstić information content (AvgIpc) is 2.81. The molecule has 0 aliphatic heterocycles. The molecule has 0 saturated heterocycles. The van der Waals surface area contributed by atoms with Crippen molar-refractivity contribution in [1.82, 2.24) is 5.43 Å². The number of nitrogens with one attached hydrogen (secondary N) is 4. The van der Waals surface area contributed by atoms with Crippen LogP contribution in [0.1, 0.15) is 23.6 Å². The van der Waals surface area contributed by atoms with E-state index in [0.717, 1.165) is 16.7 Å². The molecule has 0 bridgehead atoms. The highest BCUT2D eigenvalue weighted by Gasteiger charge is 2.20. The summed E-state index contributed by atoms with van der Waals surface area (Å²) in [6, 6.07) is 13.3. The van der Waals surface area contributed by atoms with Gasteiger partial charge in [-0.25, -0.2) is 8.42 Å². The van der Waals surface area contributed by atoms with Gasteiger partial charge in [0, 0.05) is 23.5 Å². The summed E-state index contributed by atoms with van der Waals surface area (Å²) in [6.45, 7) is 5.86. The molecule has 0 spiro atoms. The Kier molecular flexibility index (Phi) is 7.85. The molecule has 34 heavy (non-hydrogen) atoms. The molecule has 0 radical (unpaired) electrons. The van der Waals surface area contributed by atoms with Gasteiger partial charge in [-0.15, -0.1) is 0 Å². The van der Waals surface area contributed by atoms with E-state index in [0.29, 0.717) is 29.9 Å². The molecule has 3 rings (SSSR count). The highest BCUT2D eigenvalue weighted by Crippen LogP contribution is 2.27. The summed E-state index contributed by atoms with van der Waals surface area (Å²) in [5, 5.41) is 2.86. The lowest BCUT2D eigenvalue weighted by Gasteiger charge is -2.15. The molecule has 0 saturated carbocycles. The Bertz CT molecular complexity index is 1270. The van der Waals surface area contributed by atoms with Crippen LogP contribution in [0.25, 0.3) is 0 Å². The summed E-state index contributed by atoms with van der Waals surface area (Å²) >= 11 is 0. The molecule has 0 unspecified atom stereocenters. The molecule has 1 aromatic heterocycles. The Hall–Kier alpha value is -3.92. The number of pyridine rings is 1. The van der Waals surface area contributed by atoms with Crippen molar-refractivity contribution in [3.05, 3.63) is 77.6 Å². The van der Waals surface area contributed by atoms with Crippen LogP contribution in [0.15, 0.2) is 65.8 Å². The normalized spacial score (nSPS) is 10.9. The van der Waals surface area contributed by atoms with Crippen LogP contribution in [0, 0.1) is 13.8 Å². The first-order valence-electron chi connectivity index (χ1n) is 10.7. The van der Waals surface area contributed by atoms with Gasteiger partial charge in [-0.1, -0.05) is 6.92 Å². The molecule has 178 valence electrons. The van der Waals surface area contributed by atoms with E-state index in [1.54, 1.807) is 34.9 Å². The number of anilines is 3. The van der Waals surface area contributed by atoms with E-state index in [2.05, 4.69) is 20.9 Å². The lowest BCUT2D eigenvalue weighted by Crippen LogP contribution is -2.39. The van der Waals surface area contributed by atoms with Gasteiger partial charge in [0.1, 0.15) is 0 Å². The predicted molar refractivity (Wildman–Crippen MR) is 131 cm³/mol. The first-order valence-corrected chi connectivity index (χ1v) is 12.2. The quantitative estimate of drug-likeness (QED) is 0.201. The van der Waals surface area contributed by atoms with Crippen LogP contribution in [-0.4, -0.2) is 20.7 Å². The van der Waals surface area contributed by atoms with Crippen molar-refractivity contribution in [3.8, 4) is 0 Å². The third kappa shape index (κ3) is 6.32. The Morgan fingerprint density at radius 2 is 1.65 bits per heavy atom. The van der Waals surface area contributed by atoms with Crippen LogP contribution >= 0.6 is 0 Å². The second-order valence-corrected chi connectivity index (χ2v) is 9.46. The minimum atomic E-state index is -3.91. The topological polar surface area (TPSA) is 120 Å². The fourth-order valence-electron chi connectivity index (χ4n) is 3.34. The zero-order valence-corrected chi connectivity index (χ0v) is 20.1. The number of carbonyl (C=O) groups is 2. The summed E-state index contributed by atoms with van der Waals surface area (Å²) in [5.74, 6) is -0.256. The number of aromatic nitrogens is 1. The Balaban J connectivity index is 1.82. The van der Waals surface area contributed by atoms with E-state index in [1.165, 1.54) is 6.07 Å².